The zero-order chi connectivity index (χ0) is 18.8. The molecule has 3 N–H and O–H groups in total. The number of thioether (sulfide) groups is 1. The predicted octanol–water partition coefficient (Wildman–Crippen LogP) is 4.08. The first-order valence-corrected chi connectivity index (χ1v) is 9.16. The number of carbonyl (C=O) groups is 1. The van der Waals surface area contributed by atoms with Crippen LogP contribution < -0.4 is 20.5 Å². The molecule has 1 amide bonds. The number of amides is 1. The Kier molecular flexibility index (Phi) is 8.99. The minimum Gasteiger partial charge on any atom is -0.493 e. The molecule has 1 unspecified atom stereocenters. The Morgan fingerprint density at radius 2 is 2.12 bits per heavy atom. The van der Waals surface area contributed by atoms with Gasteiger partial charge in [0.2, 0.25) is 5.91 Å². The molecule has 5 nitrogen and oxygen atoms in total. The van der Waals surface area contributed by atoms with E-state index in [1.54, 1.807) is 0 Å². The standard InChI is InChI=1S/C19H28N2O3S/c1-6-7-11-23-17-9-8-10-18(13(17)2)24-16(5)25-19(12-20)14(3)21-15(4)22/h8-10,12,14H,5-7,11,20H2,1-4H3,(H,21,22)/b19-12-. The fourth-order valence-electron chi connectivity index (χ4n) is 2.11. The second kappa shape index (κ2) is 10.7. The van der Waals surface area contributed by atoms with Gasteiger partial charge in [-0.3, -0.25) is 4.79 Å². The van der Waals surface area contributed by atoms with Crippen LogP contribution in [-0.2, 0) is 4.79 Å². The summed E-state index contributed by atoms with van der Waals surface area (Å²) in [6.45, 7) is 12.0. The molecule has 1 atom stereocenters. The highest BCUT2D eigenvalue weighted by atomic mass is 32.2. The first-order chi connectivity index (χ1) is 11.9. The van der Waals surface area contributed by atoms with E-state index in [2.05, 4.69) is 18.8 Å². The Morgan fingerprint density at radius 3 is 2.72 bits per heavy atom. The molecule has 138 valence electrons. The van der Waals surface area contributed by atoms with Crippen LogP contribution in [0.3, 0.4) is 0 Å². The molecule has 0 aliphatic carbocycles. The summed E-state index contributed by atoms with van der Waals surface area (Å²) in [4.78, 5) is 11.9. The first kappa shape index (κ1) is 21.0. The number of nitrogens with two attached hydrogens (primary N) is 1. The average Bonchev–Trinajstić information content (AvgIpc) is 2.55. The van der Waals surface area contributed by atoms with Gasteiger partial charge in [0.15, 0.2) is 5.09 Å². The molecule has 0 aliphatic rings. The summed E-state index contributed by atoms with van der Waals surface area (Å²) in [6, 6.07) is 5.48. The van der Waals surface area contributed by atoms with Crippen molar-refractivity contribution in [2.45, 2.75) is 46.6 Å². The summed E-state index contributed by atoms with van der Waals surface area (Å²) in [5, 5.41) is 3.26. The van der Waals surface area contributed by atoms with Crippen molar-refractivity contribution in [1.29, 1.82) is 0 Å². The van der Waals surface area contributed by atoms with E-state index in [9.17, 15) is 4.79 Å². The molecular formula is C19H28N2O3S. The monoisotopic (exact) mass is 364 g/mol. The highest BCUT2D eigenvalue weighted by Crippen LogP contribution is 2.33. The van der Waals surface area contributed by atoms with Crippen molar-refractivity contribution < 1.29 is 14.3 Å². The van der Waals surface area contributed by atoms with Gasteiger partial charge in [-0.2, -0.15) is 0 Å². The van der Waals surface area contributed by atoms with Crippen LogP contribution in [0.15, 0.2) is 41.0 Å². The third-order valence-corrected chi connectivity index (χ3v) is 4.49. The number of carbonyl (C=O) groups excluding carboxylic acids is 1. The zero-order valence-electron chi connectivity index (χ0n) is 15.4. The second-order valence-electron chi connectivity index (χ2n) is 5.65. The average molecular weight is 365 g/mol. The van der Waals surface area contributed by atoms with Crippen LogP contribution in [0.1, 0.15) is 39.2 Å². The summed E-state index contributed by atoms with van der Waals surface area (Å²) < 4.78 is 11.6. The van der Waals surface area contributed by atoms with E-state index in [1.165, 1.54) is 24.9 Å². The Balaban J connectivity index is 2.73. The summed E-state index contributed by atoms with van der Waals surface area (Å²) in [7, 11) is 0. The third kappa shape index (κ3) is 7.13. The van der Waals surface area contributed by atoms with Gasteiger partial charge in [-0.15, -0.1) is 0 Å². The van der Waals surface area contributed by atoms with Crippen molar-refractivity contribution in [3.63, 3.8) is 0 Å². The van der Waals surface area contributed by atoms with Crippen molar-refractivity contribution in [1.82, 2.24) is 5.32 Å². The second-order valence-corrected chi connectivity index (χ2v) is 6.78. The first-order valence-electron chi connectivity index (χ1n) is 8.34. The van der Waals surface area contributed by atoms with Gasteiger partial charge in [0.05, 0.1) is 12.6 Å². The third-order valence-electron chi connectivity index (χ3n) is 3.46. The quantitative estimate of drug-likeness (QED) is 0.483. The molecule has 0 spiro atoms. The molecule has 0 fully saturated rings. The van der Waals surface area contributed by atoms with Crippen LogP contribution in [-0.4, -0.2) is 18.6 Å². The molecule has 0 saturated heterocycles. The van der Waals surface area contributed by atoms with Gasteiger partial charge in [0.25, 0.3) is 0 Å². The maximum atomic E-state index is 11.2. The van der Waals surface area contributed by atoms with Crippen molar-refractivity contribution in [3.8, 4) is 11.5 Å². The molecule has 6 heteroatoms. The maximum Gasteiger partial charge on any atom is 0.217 e. The molecule has 25 heavy (non-hydrogen) atoms. The zero-order valence-corrected chi connectivity index (χ0v) is 16.2. The Labute approximate surface area is 154 Å². The number of hydrogen-bond donors (Lipinski definition) is 2. The van der Waals surface area contributed by atoms with Gasteiger partial charge in [-0.05, 0) is 39.0 Å². The van der Waals surface area contributed by atoms with Gasteiger partial charge in [-0.25, -0.2) is 0 Å². The molecule has 0 bridgehead atoms. The van der Waals surface area contributed by atoms with Crippen molar-refractivity contribution >= 4 is 17.7 Å². The summed E-state index contributed by atoms with van der Waals surface area (Å²) in [6.07, 6.45) is 3.55. The largest absolute Gasteiger partial charge is 0.493 e. The molecule has 0 aliphatic heterocycles. The van der Waals surface area contributed by atoms with Gasteiger partial charge >= 0.3 is 0 Å². The topological polar surface area (TPSA) is 73.6 Å². The maximum absolute atomic E-state index is 11.2. The van der Waals surface area contributed by atoms with Crippen LogP contribution in [0.25, 0.3) is 0 Å². The van der Waals surface area contributed by atoms with E-state index in [0.29, 0.717) is 17.4 Å². The molecular weight excluding hydrogens is 336 g/mol. The van der Waals surface area contributed by atoms with E-state index in [4.69, 9.17) is 15.2 Å². The fraction of sp³-hybridized carbons (Fsp3) is 0.421. The molecule has 0 heterocycles. The predicted molar refractivity (Wildman–Crippen MR) is 104 cm³/mol. The molecule has 1 aromatic rings. The van der Waals surface area contributed by atoms with E-state index < -0.39 is 0 Å². The van der Waals surface area contributed by atoms with Crippen LogP contribution >= 0.6 is 11.8 Å². The van der Waals surface area contributed by atoms with E-state index >= 15 is 0 Å². The van der Waals surface area contributed by atoms with E-state index in [0.717, 1.165) is 29.1 Å². The Bertz CT molecular complexity index is 629. The number of hydrogen-bond acceptors (Lipinski definition) is 5. The SMILES string of the molecule is C=C(Oc1cccc(OCCCC)c1C)S/C(=C\N)C(C)NC(C)=O. The van der Waals surface area contributed by atoms with Crippen LogP contribution in [0.5, 0.6) is 11.5 Å². The highest BCUT2D eigenvalue weighted by molar-refractivity contribution is 8.06. The van der Waals surface area contributed by atoms with Gasteiger partial charge in [0.1, 0.15) is 11.5 Å². The molecule has 0 saturated carbocycles. The lowest BCUT2D eigenvalue weighted by Gasteiger charge is -2.18. The van der Waals surface area contributed by atoms with Gasteiger partial charge in [-0.1, -0.05) is 31.2 Å². The van der Waals surface area contributed by atoms with Crippen molar-refractivity contribution in [3.05, 3.63) is 46.5 Å². The number of nitrogens with one attached hydrogen (secondary N) is 1. The Morgan fingerprint density at radius 1 is 1.44 bits per heavy atom. The summed E-state index contributed by atoms with van der Waals surface area (Å²) in [5.74, 6) is 1.38. The lowest BCUT2D eigenvalue weighted by atomic mass is 10.2. The van der Waals surface area contributed by atoms with E-state index in [-0.39, 0.29) is 11.9 Å². The minimum absolute atomic E-state index is 0.119. The number of ether oxygens (including phenoxy) is 2. The smallest absolute Gasteiger partial charge is 0.217 e. The van der Waals surface area contributed by atoms with Crippen LogP contribution in [0.2, 0.25) is 0 Å². The number of unbranched alkanes of at least 4 members (excludes halogenated alkanes) is 1. The van der Waals surface area contributed by atoms with Crippen molar-refractivity contribution in [2.75, 3.05) is 6.61 Å². The number of benzene rings is 1. The molecule has 0 radical (unpaired) electrons. The summed E-state index contributed by atoms with van der Waals surface area (Å²) >= 11 is 1.29. The molecule has 0 aromatic heterocycles. The minimum atomic E-state index is -0.211. The van der Waals surface area contributed by atoms with Gasteiger partial charge < -0.3 is 20.5 Å². The Hall–Kier alpha value is -2.08. The lowest BCUT2D eigenvalue weighted by Crippen LogP contribution is -2.31. The van der Waals surface area contributed by atoms with Gasteiger partial charge in [0, 0.05) is 23.6 Å². The molecule has 1 aromatic carbocycles. The van der Waals surface area contributed by atoms with E-state index in [1.807, 2.05) is 32.0 Å². The number of rotatable bonds is 10. The lowest BCUT2D eigenvalue weighted by molar-refractivity contribution is -0.119. The fourth-order valence-corrected chi connectivity index (χ4v) is 2.80. The van der Waals surface area contributed by atoms with Crippen molar-refractivity contribution in [2.24, 2.45) is 5.73 Å². The normalized spacial score (nSPS) is 12.4. The van der Waals surface area contributed by atoms with Crippen LogP contribution in [0, 0.1) is 6.92 Å². The molecule has 1 rings (SSSR count). The van der Waals surface area contributed by atoms with Crippen LogP contribution in [0.4, 0.5) is 0 Å². The summed E-state index contributed by atoms with van der Waals surface area (Å²) in [5.41, 5.74) is 6.59. The highest BCUT2D eigenvalue weighted by Gasteiger charge is 2.14.